The molecule has 0 aromatic heterocycles. The number of sulfonamides is 1. The smallest absolute Gasteiger partial charge is 0.253 e. The van der Waals surface area contributed by atoms with E-state index in [1.165, 1.54) is 6.07 Å². The van der Waals surface area contributed by atoms with Crippen molar-refractivity contribution in [3.05, 3.63) is 29.3 Å². The minimum Gasteiger partial charge on any atom is -0.339 e. The Morgan fingerprint density at radius 2 is 1.81 bits per heavy atom. The van der Waals surface area contributed by atoms with Crippen molar-refractivity contribution in [3.8, 4) is 0 Å². The first kappa shape index (κ1) is 16.0. The molecule has 0 atom stereocenters. The number of amides is 1. The highest BCUT2D eigenvalue weighted by Gasteiger charge is 2.28. The van der Waals surface area contributed by atoms with Crippen LogP contribution in [-0.2, 0) is 10.0 Å². The molecule has 0 aliphatic carbocycles. The highest BCUT2D eigenvalue weighted by atomic mass is 32.2. The van der Waals surface area contributed by atoms with Crippen LogP contribution in [0.5, 0.6) is 0 Å². The molecular formula is C15H22N2O3S. The van der Waals surface area contributed by atoms with Crippen LogP contribution in [0.2, 0.25) is 0 Å². The van der Waals surface area contributed by atoms with Crippen molar-refractivity contribution in [1.29, 1.82) is 0 Å². The second-order valence-electron chi connectivity index (χ2n) is 6.48. The number of primary sulfonamides is 1. The van der Waals surface area contributed by atoms with Gasteiger partial charge in [0.1, 0.15) is 0 Å². The fourth-order valence-corrected chi connectivity index (χ4v) is 3.35. The van der Waals surface area contributed by atoms with Gasteiger partial charge >= 0.3 is 0 Å². The van der Waals surface area contributed by atoms with Crippen LogP contribution >= 0.6 is 0 Å². The maximum Gasteiger partial charge on any atom is 0.253 e. The van der Waals surface area contributed by atoms with Gasteiger partial charge in [0.05, 0.1) is 4.90 Å². The monoisotopic (exact) mass is 310 g/mol. The zero-order chi connectivity index (χ0) is 15.8. The fourth-order valence-electron chi connectivity index (χ4n) is 2.54. The molecule has 2 rings (SSSR count). The molecule has 2 N–H and O–H groups in total. The third-order valence-electron chi connectivity index (χ3n) is 4.15. The van der Waals surface area contributed by atoms with E-state index in [0.29, 0.717) is 24.2 Å². The minimum atomic E-state index is -3.81. The van der Waals surface area contributed by atoms with Gasteiger partial charge in [0.25, 0.3) is 5.91 Å². The van der Waals surface area contributed by atoms with Crippen LogP contribution in [0.25, 0.3) is 0 Å². The zero-order valence-corrected chi connectivity index (χ0v) is 13.5. The predicted octanol–water partition coefficient (Wildman–Crippen LogP) is 1.90. The summed E-state index contributed by atoms with van der Waals surface area (Å²) in [5, 5.41) is 5.19. The van der Waals surface area contributed by atoms with Gasteiger partial charge in [0, 0.05) is 18.7 Å². The Kier molecular flexibility index (Phi) is 4.13. The molecule has 0 spiro atoms. The highest BCUT2D eigenvalue weighted by Crippen LogP contribution is 2.30. The van der Waals surface area contributed by atoms with Gasteiger partial charge in [-0.25, -0.2) is 13.6 Å². The van der Waals surface area contributed by atoms with Gasteiger partial charge in [-0.05, 0) is 42.9 Å². The Hall–Kier alpha value is -1.40. The van der Waals surface area contributed by atoms with E-state index in [1.807, 2.05) is 0 Å². The molecular weight excluding hydrogens is 288 g/mol. The largest absolute Gasteiger partial charge is 0.339 e. The summed E-state index contributed by atoms with van der Waals surface area (Å²) in [6, 6.07) is 4.67. The third kappa shape index (κ3) is 3.63. The lowest BCUT2D eigenvalue weighted by Crippen LogP contribution is -2.41. The SMILES string of the molecule is Cc1ccc(C(=O)N2CCC(C)(C)CC2)cc1S(N)(=O)=O. The average Bonchev–Trinajstić information content (AvgIpc) is 2.37. The van der Waals surface area contributed by atoms with Crippen LogP contribution in [0.15, 0.2) is 23.1 Å². The van der Waals surface area contributed by atoms with E-state index in [1.54, 1.807) is 24.0 Å². The molecule has 5 nitrogen and oxygen atoms in total. The summed E-state index contributed by atoms with van der Waals surface area (Å²) in [4.78, 5) is 14.3. The number of benzene rings is 1. The summed E-state index contributed by atoms with van der Waals surface area (Å²) in [5.41, 5.74) is 1.19. The third-order valence-corrected chi connectivity index (χ3v) is 5.20. The number of carbonyl (C=O) groups is 1. The van der Waals surface area contributed by atoms with Gasteiger partial charge in [-0.2, -0.15) is 0 Å². The van der Waals surface area contributed by atoms with Gasteiger partial charge in [0.2, 0.25) is 10.0 Å². The Morgan fingerprint density at radius 3 is 2.33 bits per heavy atom. The number of hydrogen-bond donors (Lipinski definition) is 1. The van der Waals surface area contributed by atoms with E-state index in [-0.39, 0.29) is 16.2 Å². The van der Waals surface area contributed by atoms with Crippen molar-refractivity contribution in [2.45, 2.75) is 38.5 Å². The maximum absolute atomic E-state index is 12.5. The van der Waals surface area contributed by atoms with Gasteiger partial charge in [-0.1, -0.05) is 19.9 Å². The zero-order valence-electron chi connectivity index (χ0n) is 12.7. The Labute approximate surface area is 126 Å². The Balaban J connectivity index is 2.25. The number of likely N-dealkylation sites (tertiary alicyclic amines) is 1. The lowest BCUT2D eigenvalue weighted by molar-refractivity contribution is 0.0630. The summed E-state index contributed by atoms with van der Waals surface area (Å²) in [7, 11) is -3.81. The number of carbonyl (C=O) groups excluding carboxylic acids is 1. The number of rotatable bonds is 2. The van der Waals surface area contributed by atoms with E-state index < -0.39 is 10.0 Å². The quantitative estimate of drug-likeness (QED) is 0.906. The van der Waals surface area contributed by atoms with Crippen LogP contribution in [0, 0.1) is 12.3 Å². The van der Waals surface area contributed by atoms with Crippen molar-refractivity contribution in [2.24, 2.45) is 10.6 Å². The van der Waals surface area contributed by atoms with Crippen LogP contribution in [0.3, 0.4) is 0 Å². The lowest BCUT2D eigenvalue weighted by Gasteiger charge is -2.37. The van der Waals surface area contributed by atoms with Crippen molar-refractivity contribution < 1.29 is 13.2 Å². The molecule has 1 fully saturated rings. The topological polar surface area (TPSA) is 80.5 Å². The summed E-state index contributed by atoms with van der Waals surface area (Å²) < 4.78 is 23.1. The van der Waals surface area contributed by atoms with Crippen LogP contribution in [-0.4, -0.2) is 32.3 Å². The van der Waals surface area contributed by atoms with Crippen molar-refractivity contribution in [3.63, 3.8) is 0 Å². The average molecular weight is 310 g/mol. The summed E-state index contributed by atoms with van der Waals surface area (Å²) in [6.45, 7) is 7.45. The predicted molar refractivity (Wildman–Crippen MR) is 81.5 cm³/mol. The molecule has 1 aliphatic heterocycles. The molecule has 1 aromatic carbocycles. The molecule has 1 aliphatic rings. The minimum absolute atomic E-state index is 0.0192. The molecule has 21 heavy (non-hydrogen) atoms. The molecule has 1 amide bonds. The number of nitrogens with zero attached hydrogens (tertiary/aromatic N) is 1. The van der Waals surface area contributed by atoms with Gasteiger partial charge < -0.3 is 4.90 Å². The molecule has 0 radical (unpaired) electrons. The molecule has 116 valence electrons. The van der Waals surface area contributed by atoms with Gasteiger partial charge in [-0.3, -0.25) is 4.79 Å². The van der Waals surface area contributed by atoms with E-state index in [2.05, 4.69) is 13.8 Å². The highest BCUT2D eigenvalue weighted by molar-refractivity contribution is 7.89. The normalized spacial score (nSPS) is 18.6. The molecule has 1 aromatic rings. The van der Waals surface area contributed by atoms with Crippen LogP contribution in [0.4, 0.5) is 0 Å². The van der Waals surface area contributed by atoms with Crippen molar-refractivity contribution in [2.75, 3.05) is 13.1 Å². The molecule has 1 saturated heterocycles. The summed E-state index contributed by atoms with van der Waals surface area (Å²) in [5.74, 6) is -0.129. The van der Waals surface area contributed by atoms with E-state index in [4.69, 9.17) is 5.14 Å². The molecule has 0 saturated carbocycles. The second kappa shape index (κ2) is 5.42. The van der Waals surface area contributed by atoms with Gasteiger partial charge in [-0.15, -0.1) is 0 Å². The van der Waals surface area contributed by atoms with Crippen LogP contribution < -0.4 is 5.14 Å². The van der Waals surface area contributed by atoms with Crippen molar-refractivity contribution in [1.82, 2.24) is 4.90 Å². The molecule has 0 bridgehead atoms. The fraction of sp³-hybridized carbons (Fsp3) is 0.533. The molecule has 6 heteroatoms. The first-order valence-corrected chi connectivity index (χ1v) is 8.57. The first-order valence-electron chi connectivity index (χ1n) is 7.03. The number of hydrogen-bond acceptors (Lipinski definition) is 3. The van der Waals surface area contributed by atoms with E-state index in [0.717, 1.165) is 12.8 Å². The van der Waals surface area contributed by atoms with Gasteiger partial charge in [0.15, 0.2) is 0 Å². The summed E-state index contributed by atoms with van der Waals surface area (Å²) in [6.07, 6.45) is 1.90. The number of piperidine rings is 1. The number of nitrogens with two attached hydrogens (primary N) is 1. The Morgan fingerprint density at radius 1 is 1.24 bits per heavy atom. The molecule has 0 unspecified atom stereocenters. The van der Waals surface area contributed by atoms with Crippen molar-refractivity contribution >= 4 is 15.9 Å². The van der Waals surface area contributed by atoms with E-state index >= 15 is 0 Å². The summed E-state index contributed by atoms with van der Waals surface area (Å²) >= 11 is 0. The molecule has 1 heterocycles. The maximum atomic E-state index is 12.5. The second-order valence-corrected chi connectivity index (χ2v) is 8.01. The standard InChI is InChI=1S/C15H22N2O3S/c1-11-4-5-12(10-13(11)21(16,19)20)14(18)17-8-6-15(2,3)7-9-17/h4-5,10H,6-9H2,1-3H3,(H2,16,19,20). The number of aryl methyl sites for hydroxylation is 1. The van der Waals surface area contributed by atoms with Crippen LogP contribution in [0.1, 0.15) is 42.6 Å². The van der Waals surface area contributed by atoms with E-state index in [9.17, 15) is 13.2 Å². The Bertz CT molecular complexity index is 655. The first-order chi connectivity index (χ1) is 9.60. The lowest BCUT2D eigenvalue weighted by atomic mass is 9.82.